The summed E-state index contributed by atoms with van der Waals surface area (Å²) < 4.78 is 42.4. The molecule has 66 heavy (non-hydrogen) atoms. The highest BCUT2D eigenvalue weighted by Gasteiger charge is 2.50. The summed E-state index contributed by atoms with van der Waals surface area (Å²) >= 11 is 0. The number of rotatable bonds is 13. The molecule has 17 heteroatoms. The van der Waals surface area contributed by atoms with E-state index < -0.39 is 37.0 Å². The number of nitro groups is 1. The van der Waals surface area contributed by atoms with Crippen LogP contribution >= 0.6 is 0 Å². The minimum absolute atomic E-state index is 0.0167. The number of piperidine rings is 1. The van der Waals surface area contributed by atoms with Crippen LogP contribution in [0.5, 0.6) is 11.5 Å². The number of anilines is 2. The Kier molecular flexibility index (Phi) is 11.8. The van der Waals surface area contributed by atoms with E-state index in [1.807, 2.05) is 12.1 Å². The highest BCUT2D eigenvalue weighted by molar-refractivity contribution is 7.90. The maximum atomic E-state index is 14.1. The van der Waals surface area contributed by atoms with Crippen molar-refractivity contribution < 1.29 is 32.7 Å². The lowest BCUT2D eigenvalue weighted by Gasteiger charge is -2.57. The van der Waals surface area contributed by atoms with Crippen LogP contribution in [0.4, 0.5) is 17.2 Å². The van der Waals surface area contributed by atoms with Crippen molar-refractivity contribution in [1.82, 2.24) is 24.6 Å². The van der Waals surface area contributed by atoms with E-state index >= 15 is 0 Å². The molecule has 1 amide bonds. The third-order valence-corrected chi connectivity index (χ3v) is 16.4. The Balaban J connectivity index is 0.846. The monoisotopic (exact) mass is 918 g/mol. The summed E-state index contributed by atoms with van der Waals surface area (Å²) in [6, 6.07) is 19.5. The summed E-state index contributed by atoms with van der Waals surface area (Å²) in [5, 5.41) is 26.4. The molecule has 348 valence electrons. The third-order valence-electron chi connectivity index (χ3n) is 15.0. The van der Waals surface area contributed by atoms with Crippen LogP contribution in [0.15, 0.2) is 78.0 Å². The van der Waals surface area contributed by atoms with Crippen molar-refractivity contribution >= 4 is 44.2 Å². The Morgan fingerprint density at radius 1 is 1.02 bits per heavy atom. The Morgan fingerprint density at radius 2 is 1.77 bits per heavy atom. The van der Waals surface area contributed by atoms with Gasteiger partial charge in [0.15, 0.2) is 0 Å². The van der Waals surface area contributed by atoms with Crippen molar-refractivity contribution in [3.05, 3.63) is 106 Å². The lowest BCUT2D eigenvalue weighted by Crippen LogP contribution is -2.58. The molecule has 10 rings (SSSR count). The molecule has 5 heterocycles. The third kappa shape index (κ3) is 9.09. The quantitative estimate of drug-likeness (QED) is 0.0651. The zero-order valence-electron chi connectivity index (χ0n) is 37.5. The molecule has 3 saturated carbocycles. The predicted octanol–water partition coefficient (Wildman–Crippen LogP) is 8.14. The molecule has 5 fully saturated rings. The molecule has 1 atom stereocenters. The molecule has 16 nitrogen and oxygen atoms in total. The van der Waals surface area contributed by atoms with Gasteiger partial charge in [-0.3, -0.25) is 19.8 Å². The second kappa shape index (κ2) is 17.6. The number of ether oxygens (including phenoxy) is 2. The van der Waals surface area contributed by atoms with Crippen molar-refractivity contribution in [2.45, 2.75) is 107 Å². The summed E-state index contributed by atoms with van der Waals surface area (Å²) in [4.78, 5) is 42.0. The van der Waals surface area contributed by atoms with Crippen molar-refractivity contribution in [3.63, 3.8) is 0 Å². The Hall–Kier alpha value is -5.62. The number of carbonyl (C=O) groups is 1. The van der Waals surface area contributed by atoms with Gasteiger partial charge in [0.05, 0.1) is 47.2 Å². The Bertz CT molecular complexity index is 2750. The molecule has 5 aromatic rings. The number of morpholine rings is 1. The molecule has 2 aromatic carbocycles. The number of hydrogen-bond acceptors (Lipinski definition) is 13. The van der Waals surface area contributed by atoms with Gasteiger partial charge in [-0.15, -0.1) is 0 Å². The van der Waals surface area contributed by atoms with Crippen LogP contribution in [0, 0.1) is 28.4 Å². The van der Waals surface area contributed by atoms with Gasteiger partial charge in [-0.25, -0.2) is 23.1 Å². The normalized spacial score (nSPS) is 23.7. The zero-order chi connectivity index (χ0) is 45.8. The molecule has 0 unspecified atom stereocenters. The molecule has 3 aromatic heterocycles. The number of sulfonamides is 1. The first-order valence-electron chi connectivity index (χ1n) is 23.3. The lowest BCUT2D eigenvalue weighted by molar-refractivity contribution is -0.384. The molecule has 4 N–H and O–H groups in total. The Labute approximate surface area is 384 Å². The number of aromatic nitrogens is 3. The molecule has 3 aliphatic carbocycles. The highest BCUT2D eigenvalue weighted by Crippen LogP contribution is 2.54. The summed E-state index contributed by atoms with van der Waals surface area (Å²) in [5.41, 5.74) is 3.39. The number of benzene rings is 2. The van der Waals surface area contributed by atoms with Crippen LogP contribution in [0.25, 0.3) is 11.0 Å². The van der Waals surface area contributed by atoms with Crippen molar-refractivity contribution in [2.75, 3.05) is 49.6 Å². The van der Waals surface area contributed by atoms with E-state index in [-0.39, 0.29) is 40.2 Å². The fourth-order valence-electron chi connectivity index (χ4n) is 10.9. The van der Waals surface area contributed by atoms with Crippen LogP contribution in [0.2, 0.25) is 0 Å². The largest absolute Gasteiger partial charge is 0.455 e. The van der Waals surface area contributed by atoms with E-state index in [2.05, 4.69) is 59.1 Å². The van der Waals surface area contributed by atoms with Gasteiger partial charge >= 0.3 is 5.69 Å². The van der Waals surface area contributed by atoms with Gasteiger partial charge in [0.2, 0.25) is 5.82 Å². The van der Waals surface area contributed by atoms with Crippen molar-refractivity contribution in [3.8, 4) is 11.5 Å². The zero-order valence-corrected chi connectivity index (χ0v) is 38.3. The van der Waals surface area contributed by atoms with E-state index in [4.69, 9.17) is 9.47 Å². The van der Waals surface area contributed by atoms with E-state index in [1.54, 1.807) is 31.3 Å². The van der Waals surface area contributed by atoms with E-state index in [9.17, 15) is 28.4 Å². The number of nitrogens with zero attached hydrogens (tertiary/aromatic N) is 5. The second-order valence-corrected chi connectivity index (χ2v) is 21.3. The fourth-order valence-corrected chi connectivity index (χ4v) is 12.1. The fraction of sp³-hybridized carbons (Fsp3) is 0.490. The Morgan fingerprint density at radius 3 is 2.52 bits per heavy atom. The number of fused-ring (bicyclic) bond motifs is 1. The van der Waals surface area contributed by atoms with Gasteiger partial charge in [0.25, 0.3) is 15.9 Å². The average molecular weight is 919 g/mol. The van der Waals surface area contributed by atoms with Crippen LogP contribution in [0.1, 0.15) is 110 Å². The van der Waals surface area contributed by atoms with Gasteiger partial charge in [-0.05, 0) is 131 Å². The van der Waals surface area contributed by atoms with Gasteiger partial charge in [0, 0.05) is 61.6 Å². The molecule has 2 saturated heterocycles. The number of amides is 1. The number of aryl methyl sites for hydroxylation is 1. The van der Waals surface area contributed by atoms with E-state index in [0.29, 0.717) is 42.7 Å². The standard InChI is InChI=1S/C49H58N8O8S/c1-31-44(25-41(57(60)61)46(53-31)51-28-32-11-14-48(2,59)15-12-32)66(62,63)54-47(58)40-10-9-35(24-43(40)65-37-23-34-13-18-50-45(34)52-29-37)55-19-16-49(17-20-55)26-36(27-49)56-21-22-64-30-42(56)39-6-4-3-5-38(39)33-7-8-33/h3-6,9-10,13,18,23-25,29,32-33,36,42,59H,7-8,11-12,14-17,19-22,26-28,30H2,1-2H3,(H,50,52)(H,51,53)(H,54,58)/t32?,42-,48?/m1/s1. The summed E-state index contributed by atoms with van der Waals surface area (Å²) in [6.45, 7) is 7.69. The molecule has 0 bridgehead atoms. The van der Waals surface area contributed by atoms with Gasteiger partial charge in [-0.1, -0.05) is 24.3 Å². The minimum Gasteiger partial charge on any atom is -0.455 e. The smallest absolute Gasteiger partial charge is 0.312 e. The number of H-pyrrole nitrogens is 1. The molecule has 1 spiro atoms. The van der Waals surface area contributed by atoms with Crippen LogP contribution < -0.4 is 19.7 Å². The second-order valence-electron chi connectivity index (χ2n) is 19.6. The first kappa shape index (κ1) is 44.2. The molecular weight excluding hydrogens is 861 g/mol. The number of nitrogens with one attached hydrogen (secondary N) is 3. The van der Waals surface area contributed by atoms with E-state index in [0.717, 1.165) is 88.5 Å². The number of aliphatic hydroxyl groups is 1. The van der Waals surface area contributed by atoms with Gasteiger partial charge in [-0.2, -0.15) is 0 Å². The topological polar surface area (TPSA) is 205 Å². The maximum absolute atomic E-state index is 14.1. The summed E-state index contributed by atoms with van der Waals surface area (Å²) in [6.07, 6.45) is 12.9. The van der Waals surface area contributed by atoms with Crippen LogP contribution in [-0.2, 0) is 14.8 Å². The first-order valence-corrected chi connectivity index (χ1v) is 24.8. The number of aromatic amines is 1. The highest BCUT2D eigenvalue weighted by atomic mass is 32.2. The molecule has 0 radical (unpaired) electrons. The maximum Gasteiger partial charge on any atom is 0.312 e. The van der Waals surface area contributed by atoms with Crippen molar-refractivity contribution in [2.24, 2.45) is 11.3 Å². The van der Waals surface area contributed by atoms with Crippen LogP contribution in [-0.4, -0.2) is 95.2 Å². The molecule has 2 aliphatic heterocycles. The summed E-state index contributed by atoms with van der Waals surface area (Å²) in [5.74, 6) is 0.305. The molecule has 5 aliphatic rings. The van der Waals surface area contributed by atoms with Crippen LogP contribution in [0.3, 0.4) is 0 Å². The van der Waals surface area contributed by atoms with Gasteiger partial charge < -0.3 is 29.8 Å². The first-order chi connectivity index (χ1) is 31.7. The van der Waals surface area contributed by atoms with E-state index in [1.165, 1.54) is 37.1 Å². The predicted molar refractivity (Wildman–Crippen MR) is 250 cm³/mol. The van der Waals surface area contributed by atoms with Gasteiger partial charge in [0.1, 0.15) is 22.0 Å². The molecular formula is C49H58N8O8S. The lowest BCUT2D eigenvalue weighted by atomic mass is 9.59. The average Bonchev–Trinajstić information content (AvgIpc) is 4.04. The summed E-state index contributed by atoms with van der Waals surface area (Å²) in [7, 11) is -4.66. The SMILES string of the molecule is Cc1nc(NCC2CCC(C)(O)CC2)c([N+](=O)[O-])cc1S(=O)(=O)NC(=O)c1ccc(N2CCC3(CC2)CC(N2CCOC[C@@H]2c2ccccc2C2CC2)C3)cc1Oc1cnc2[nH]ccc2c1. The van der Waals surface area contributed by atoms with Crippen molar-refractivity contribution in [1.29, 1.82) is 0 Å². The number of hydrogen-bond donors (Lipinski definition) is 4. The minimum atomic E-state index is -4.66. The number of pyridine rings is 2. The number of carbonyl (C=O) groups excluding carboxylic acids is 1.